The first kappa shape index (κ1) is 15.1. The first-order valence-electron chi connectivity index (χ1n) is 5.22. The molecule has 1 atom stereocenters. The van der Waals surface area contributed by atoms with Crippen molar-refractivity contribution in [3.63, 3.8) is 0 Å². The highest BCUT2D eigenvalue weighted by molar-refractivity contribution is 7.91. The number of rotatable bonds is 6. The average molecular weight is 292 g/mol. The molecule has 0 aliphatic heterocycles. The van der Waals surface area contributed by atoms with Crippen LogP contribution in [0.4, 0.5) is 0 Å². The van der Waals surface area contributed by atoms with Crippen molar-refractivity contribution in [1.82, 2.24) is 5.32 Å². The number of carbonyl (C=O) groups excluding carboxylic acids is 1. The molecule has 0 radical (unpaired) electrons. The molecule has 0 aliphatic rings. The average Bonchev–Trinajstić information content (AvgIpc) is 2.65. The SMILES string of the molecule is COCC(C)NC(=O)Cc1ccc(S(N)(=O)=O)s1. The first-order chi connectivity index (χ1) is 8.32. The molecular formula is C10H16N2O4S2. The maximum absolute atomic E-state index is 11.6. The fraction of sp³-hybridized carbons (Fsp3) is 0.500. The van der Waals surface area contributed by atoms with Crippen molar-refractivity contribution in [2.24, 2.45) is 5.14 Å². The molecule has 0 saturated carbocycles. The van der Waals surface area contributed by atoms with Crippen LogP contribution in [-0.4, -0.2) is 34.1 Å². The minimum absolute atomic E-state index is 0.0650. The molecule has 18 heavy (non-hydrogen) atoms. The van der Waals surface area contributed by atoms with Crippen LogP contribution in [0.3, 0.4) is 0 Å². The molecule has 1 amide bonds. The number of nitrogens with one attached hydrogen (secondary N) is 1. The Bertz CT molecular complexity index is 510. The molecule has 0 saturated heterocycles. The quantitative estimate of drug-likeness (QED) is 0.776. The second kappa shape index (κ2) is 6.28. The number of ether oxygens (including phenoxy) is 1. The van der Waals surface area contributed by atoms with E-state index in [1.807, 2.05) is 6.92 Å². The van der Waals surface area contributed by atoms with Crippen molar-refractivity contribution in [2.45, 2.75) is 23.6 Å². The molecule has 6 nitrogen and oxygen atoms in total. The third kappa shape index (κ3) is 4.73. The van der Waals surface area contributed by atoms with Crippen molar-refractivity contribution >= 4 is 27.3 Å². The van der Waals surface area contributed by atoms with E-state index in [1.165, 1.54) is 6.07 Å². The van der Waals surface area contributed by atoms with Crippen LogP contribution in [0, 0.1) is 0 Å². The Morgan fingerprint density at radius 3 is 2.72 bits per heavy atom. The minimum atomic E-state index is -3.68. The summed E-state index contributed by atoms with van der Waals surface area (Å²) in [7, 11) is -2.13. The summed E-state index contributed by atoms with van der Waals surface area (Å²) in [6, 6.07) is 2.91. The van der Waals surface area contributed by atoms with Gasteiger partial charge in [0.15, 0.2) is 0 Å². The Morgan fingerprint density at radius 1 is 1.56 bits per heavy atom. The first-order valence-corrected chi connectivity index (χ1v) is 7.59. The zero-order valence-corrected chi connectivity index (χ0v) is 11.8. The van der Waals surface area contributed by atoms with Gasteiger partial charge in [0, 0.05) is 18.0 Å². The monoisotopic (exact) mass is 292 g/mol. The largest absolute Gasteiger partial charge is 0.383 e. The van der Waals surface area contributed by atoms with E-state index in [0.29, 0.717) is 11.5 Å². The second-order valence-corrected chi connectivity index (χ2v) is 6.82. The Kier molecular flexibility index (Phi) is 5.27. The molecule has 1 rings (SSSR count). The van der Waals surface area contributed by atoms with Crippen molar-refractivity contribution < 1.29 is 17.9 Å². The van der Waals surface area contributed by atoms with Crippen LogP contribution in [0.25, 0.3) is 0 Å². The Morgan fingerprint density at radius 2 is 2.22 bits per heavy atom. The van der Waals surface area contributed by atoms with Gasteiger partial charge in [-0.15, -0.1) is 11.3 Å². The highest BCUT2D eigenvalue weighted by atomic mass is 32.2. The molecule has 0 bridgehead atoms. The van der Waals surface area contributed by atoms with Gasteiger partial charge >= 0.3 is 0 Å². The molecule has 0 aromatic carbocycles. The van der Waals surface area contributed by atoms with Gasteiger partial charge in [0.2, 0.25) is 15.9 Å². The van der Waals surface area contributed by atoms with Crippen molar-refractivity contribution in [2.75, 3.05) is 13.7 Å². The van der Waals surface area contributed by atoms with Crippen molar-refractivity contribution in [1.29, 1.82) is 0 Å². The van der Waals surface area contributed by atoms with Crippen LogP contribution in [-0.2, 0) is 26.0 Å². The van der Waals surface area contributed by atoms with E-state index in [1.54, 1.807) is 13.2 Å². The predicted molar refractivity (Wildman–Crippen MR) is 68.9 cm³/mol. The topological polar surface area (TPSA) is 98.5 Å². The zero-order valence-electron chi connectivity index (χ0n) is 10.2. The van der Waals surface area contributed by atoms with Crippen LogP contribution < -0.4 is 10.5 Å². The molecule has 0 aliphatic carbocycles. The van der Waals surface area contributed by atoms with Crippen LogP contribution >= 0.6 is 11.3 Å². The number of amides is 1. The van der Waals surface area contributed by atoms with Crippen molar-refractivity contribution in [3.8, 4) is 0 Å². The molecular weight excluding hydrogens is 276 g/mol. The van der Waals surface area contributed by atoms with E-state index in [0.717, 1.165) is 11.3 Å². The Hall–Kier alpha value is -0.960. The third-order valence-electron chi connectivity index (χ3n) is 2.08. The third-order valence-corrected chi connectivity index (χ3v) is 4.60. The second-order valence-electron chi connectivity index (χ2n) is 3.87. The zero-order chi connectivity index (χ0) is 13.8. The van der Waals surface area contributed by atoms with Gasteiger partial charge in [-0.05, 0) is 19.1 Å². The lowest BCUT2D eigenvalue weighted by molar-refractivity contribution is -0.121. The summed E-state index contributed by atoms with van der Waals surface area (Å²) < 4.78 is 27.1. The minimum Gasteiger partial charge on any atom is -0.383 e. The number of thiophene rings is 1. The fourth-order valence-corrected chi connectivity index (χ4v) is 3.16. The number of primary sulfonamides is 1. The highest BCUT2D eigenvalue weighted by Crippen LogP contribution is 2.20. The lowest BCUT2D eigenvalue weighted by Crippen LogP contribution is -2.36. The molecule has 8 heteroatoms. The lowest BCUT2D eigenvalue weighted by atomic mass is 10.3. The van der Waals surface area contributed by atoms with Gasteiger partial charge < -0.3 is 10.1 Å². The van der Waals surface area contributed by atoms with E-state index in [-0.39, 0.29) is 22.6 Å². The number of methoxy groups -OCH3 is 1. The van der Waals surface area contributed by atoms with Gasteiger partial charge in [-0.2, -0.15) is 0 Å². The summed E-state index contributed by atoms with van der Waals surface area (Å²) >= 11 is 1.00. The molecule has 102 valence electrons. The number of hydrogen-bond acceptors (Lipinski definition) is 5. The van der Waals surface area contributed by atoms with E-state index in [2.05, 4.69) is 5.32 Å². The van der Waals surface area contributed by atoms with Crippen LogP contribution in [0.1, 0.15) is 11.8 Å². The molecule has 1 aromatic heterocycles. The van der Waals surface area contributed by atoms with E-state index in [4.69, 9.17) is 9.88 Å². The predicted octanol–water partition coefficient (Wildman–Crippen LogP) is 0.0891. The highest BCUT2D eigenvalue weighted by Gasteiger charge is 2.14. The molecule has 3 N–H and O–H groups in total. The summed E-state index contributed by atoms with van der Waals surface area (Å²) in [5.41, 5.74) is 0. The van der Waals surface area contributed by atoms with Crippen LogP contribution in [0.5, 0.6) is 0 Å². The van der Waals surface area contributed by atoms with Gasteiger partial charge in [-0.1, -0.05) is 0 Å². The van der Waals surface area contributed by atoms with Crippen LogP contribution in [0.2, 0.25) is 0 Å². The van der Waals surface area contributed by atoms with Gasteiger partial charge in [0.25, 0.3) is 0 Å². The fourth-order valence-electron chi connectivity index (χ4n) is 1.38. The molecule has 1 aromatic rings. The van der Waals surface area contributed by atoms with E-state index < -0.39 is 10.0 Å². The van der Waals surface area contributed by atoms with Gasteiger partial charge in [-0.25, -0.2) is 13.6 Å². The summed E-state index contributed by atoms with van der Waals surface area (Å²) in [5, 5.41) is 7.73. The maximum Gasteiger partial charge on any atom is 0.247 e. The molecule has 0 fully saturated rings. The standard InChI is InChI=1S/C10H16N2O4S2/c1-7(6-16-2)12-9(13)5-8-3-4-10(17-8)18(11,14)15/h3-4,7H,5-6H2,1-2H3,(H,12,13)(H2,11,14,15). The Balaban J connectivity index is 2.58. The molecule has 0 spiro atoms. The summed E-state index contributed by atoms with van der Waals surface area (Å²) in [6.07, 6.45) is 0.133. The Labute approximate surface area is 110 Å². The van der Waals surface area contributed by atoms with E-state index in [9.17, 15) is 13.2 Å². The summed E-state index contributed by atoms with van der Waals surface area (Å²) in [6.45, 7) is 2.25. The number of carbonyl (C=O) groups is 1. The normalized spacial score (nSPS) is 13.3. The smallest absolute Gasteiger partial charge is 0.247 e. The summed E-state index contributed by atoms with van der Waals surface area (Å²) in [5.74, 6) is -0.178. The number of sulfonamides is 1. The number of hydrogen-bond donors (Lipinski definition) is 2. The lowest BCUT2D eigenvalue weighted by Gasteiger charge is -2.11. The molecule has 1 heterocycles. The number of nitrogens with two attached hydrogens (primary N) is 1. The van der Waals surface area contributed by atoms with Gasteiger partial charge in [0.05, 0.1) is 13.0 Å². The van der Waals surface area contributed by atoms with Gasteiger partial charge in [-0.3, -0.25) is 4.79 Å². The van der Waals surface area contributed by atoms with Gasteiger partial charge in [0.1, 0.15) is 4.21 Å². The van der Waals surface area contributed by atoms with Crippen molar-refractivity contribution in [3.05, 3.63) is 17.0 Å². The van der Waals surface area contributed by atoms with Crippen LogP contribution in [0.15, 0.2) is 16.3 Å². The summed E-state index contributed by atoms with van der Waals surface area (Å²) in [4.78, 5) is 12.3. The maximum atomic E-state index is 11.6. The van der Waals surface area contributed by atoms with E-state index >= 15 is 0 Å². The molecule has 1 unspecified atom stereocenters.